The number of benzene rings is 1. The molecule has 1 saturated heterocycles. The molecule has 4 rings (SSSR count). The van der Waals surface area contributed by atoms with Crippen molar-refractivity contribution < 1.29 is 9.59 Å². The predicted molar refractivity (Wildman–Crippen MR) is 147 cm³/mol. The van der Waals surface area contributed by atoms with Crippen molar-refractivity contribution in [3.8, 4) is 0 Å². The van der Waals surface area contributed by atoms with Crippen molar-refractivity contribution in [3.05, 3.63) is 54.0 Å². The molecule has 1 N–H and O–H groups in total. The SMILES string of the molecule is C=CC(=O)Nc1ccc(C(=O)N2CCCC([N-]c3ncc(N(C)C4CCC(N(C)C)CC4)s3)C2)cc1. The molecule has 1 aromatic heterocycles. The Balaban J connectivity index is 1.30. The number of hydrogen-bond donors (Lipinski definition) is 1. The van der Waals surface area contributed by atoms with Crippen LogP contribution in [0.25, 0.3) is 5.32 Å². The van der Waals surface area contributed by atoms with Gasteiger partial charge >= 0.3 is 0 Å². The predicted octanol–water partition coefficient (Wildman–Crippen LogP) is 4.89. The van der Waals surface area contributed by atoms with Crippen LogP contribution in [0.1, 0.15) is 48.9 Å². The number of anilines is 2. The second-order valence-electron chi connectivity index (χ2n) is 9.96. The fraction of sp³-hybridized carbons (Fsp3) is 0.519. The van der Waals surface area contributed by atoms with Crippen molar-refractivity contribution in [1.82, 2.24) is 14.8 Å². The molecule has 0 radical (unpaired) electrons. The van der Waals surface area contributed by atoms with E-state index in [1.807, 2.05) is 11.1 Å². The Kier molecular flexibility index (Phi) is 8.64. The van der Waals surface area contributed by atoms with Crippen molar-refractivity contribution in [3.63, 3.8) is 0 Å². The maximum Gasteiger partial charge on any atom is 0.253 e. The summed E-state index contributed by atoms with van der Waals surface area (Å²) in [5, 5.41) is 9.56. The van der Waals surface area contributed by atoms with Gasteiger partial charge in [0.15, 0.2) is 0 Å². The molecule has 1 aromatic carbocycles. The van der Waals surface area contributed by atoms with E-state index in [2.05, 4.69) is 47.8 Å². The molecule has 36 heavy (non-hydrogen) atoms. The average molecular weight is 510 g/mol. The Hall–Kier alpha value is -2.91. The van der Waals surface area contributed by atoms with Crippen molar-refractivity contribution in [1.29, 1.82) is 0 Å². The highest BCUT2D eigenvalue weighted by Gasteiger charge is 2.26. The fourth-order valence-corrected chi connectivity index (χ4v) is 5.99. The first kappa shape index (κ1) is 26.2. The molecular formula is C27H37N6O2S-. The van der Waals surface area contributed by atoms with E-state index >= 15 is 0 Å². The van der Waals surface area contributed by atoms with Crippen molar-refractivity contribution >= 4 is 39.0 Å². The van der Waals surface area contributed by atoms with Gasteiger partial charge in [-0.2, -0.15) is 0 Å². The van der Waals surface area contributed by atoms with Crippen LogP contribution in [0, 0.1) is 0 Å². The first-order valence-electron chi connectivity index (χ1n) is 12.7. The fourth-order valence-electron chi connectivity index (χ4n) is 5.09. The van der Waals surface area contributed by atoms with E-state index in [4.69, 9.17) is 5.32 Å². The van der Waals surface area contributed by atoms with Crippen LogP contribution in [0.15, 0.2) is 43.1 Å². The number of carbonyl (C=O) groups is 2. The quantitative estimate of drug-likeness (QED) is 0.513. The Morgan fingerprint density at radius 3 is 2.47 bits per heavy atom. The van der Waals surface area contributed by atoms with Crippen LogP contribution in [0.5, 0.6) is 0 Å². The van der Waals surface area contributed by atoms with Gasteiger partial charge in [0, 0.05) is 43.5 Å². The van der Waals surface area contributed by atoms with Crippen LogP contribution in [0.2, 0.25) is 0 Å². The molecular weight excluding hydrogens is 472 g/mol. The Labute approximate surface area is 218 Å². The first-order valence-corrected chi connectivity index (χ1v) is 13.5. The van der Waals surface area contributed by atoms with Gasteiger partial charge in [-0.05, 0) is 100 Å². The summed E-state index contributed by atoms with van der Waals surface area (Å²) in [6.07, 6.45) is 9.90. The molecule has 8 nitrogen and oxygen atoms in total. The Morgan fingerprint density at radius 2 is 1.81 bits per heavy atom. The summed E-state index contributed by atoms with van der Waals surface area (Å²) in [7, 11) is 6.52. The summed E-state index contributed by atoms with van der Waals surface area (Å²) in [6, 6.07) is 8.26. The maximum atomic E-state index is 13.1. The highest BCUT2D eigenvalue weighted by atomic mass is 32.1. The number of amides is 2. The summed E-state index contributed by atoms with van der Waals surface area (Å²) in [5.41, 5.74) is 1.24. The molecule has 1 aliphatic carbocycles. The molecule has 9 heteroatoms. The van der Waals surface area contributed by atoms with E-state index < -0.39 is 0 Å². The lowest BCUT2D eigenvalue weighted by atomic mass is 9.90. The Bertz CT molecular complexity index is 1040. The molecule has 2 aliphatic rings. The van der Waals surface area contributed by atoms with Gasteiger partial charge in [0.25, 0.3) is 5.91 Å². The highest BCUT2D eigenvalue weighted by Crippen LogP contribution is 2.37. The zero-order valence-electron chi connectivity index (χ0n) is 21.5. The van der Waals surface area contributed by atoms with Gasteiger partial charge in [-0.15, -0.1) is 11.3 Å². The molecule has 1 aliphatic heterocycles. The maximum absolute atomic E-state index is 13.1. The summed E-state index contributed by atoms with van der Waals surface area (Å²) in [5.74, 6) is -0.285. The Morgan fingerprint density at radius 1 is 1.11 bits per heavy atom. The van der Waals surface area contributed by atoms with Crippen molar-refractivity contribution in [2.24, 2.45) is 0 Å². The molecule has 2 amide bonds. The van der Waals surface area contributed by atoms with Gasteiger partial charge in [0.2, 0.25) is 5.91 Å². The third-order valence-electron chi connectivity index (χ3n) is 7.33. The molecule has 2 heterocycles. The van der Waals surface area contributed by atoms with Crippen molar-refractivity contribution in [2.45, 2.75) is 56.7 Å². The van der Waals surface area contributed by atoms with Crippen LogP contribution in [0.3, 0.4) is 0 Å². The van der Waals surface area contributed by atoms with E-state index in [1.54, 1.807) is 35.6 Å². The summed E-state index contributed by atoms with van der Waals surface area (Å²) < 4.78 is 0. The van der Waals surface area contributed by atoms with Gasteiger partial charge in [-0.25, -0.2) is 0 Å². The van der Waals surface area contributed by atoms with E-state index in [9.17, 15) is 9.59 Å². The summed E-state index contributed by atoms with van der Waals surface area (Å²) in [4.78, 5) is 35.7. The number of nitrogens with zero attached hydrogens (tertiary/aromatic N) is 5. The molecule has 0 bridgehead atoms. The van der Waals surface area contributed by atoms with E-state index in [-0.39, 0.29) is 17.9 Å². The van der Waals surface area contributed by atoms with E-state index in [1.165, 1.54) is 31.8 Å². The van der Waals surface area contributed by atoms with Crippen LogP contribution in [-0.4, -0.2) is 79.0 Å². The monoisotopic (exact) mass is 509 g/mol. The third-order valence-corrected chi connectivity index (χ3v) is 8.33. The number of likely N-dealkylation sites (tertiary alicyclic amines) is 1. The molecule has 1 saturated carbocycles. The number of piperidine rings is 1. The first-order chi connectivity index (χ1) is 17.3. The van der Waals surface area contributed by atoms with Crippen LogP contribution < -0.4 is 10.2 Å². The topological polar surface area (TPSA) is 82.9 Å². The largest absolute Gasteiger partial charge is 0.452 e. The zero-order chi connectivity index (χ0) is 25.7. The smallest absolute Gasteiger partial charge is 0.253 e. The van der Waals surface area contributed by atoms with Crippen LogP contribution in [-0.2, 0) is 4.79 Å². The minimum atomic E-state index is -0.275. The molecule has 1 unspecified atom stereocenters. The number of aromatic nitrogens is 1. The van der Waals surface area contributed by atoms with Gasteiger partial charge < -0.3 is 30.3 Å². The van der Waals surface area contributed by atoms with E-state index in [0.717, 1.165) is 29.5 Å². The molecule has 1 atom stereocenters. The lowest BCUT2D eigenvalue weighted by Crippen LogP contribution is -2.41. The minimum Gasteiger partial charge on any atom is -0.452 e. The second kappa shape index (κ2) is 11.9. The van der Waals surface area contributed by atoms with Crippen molar-refractivity contribution in [2.75, 3.05) is 44.4 Å². The van der Waals surface area contributed by atoms with Crippen LogP contribution in [0.4, 0.5) is 15.8 Å². The molecule has 0 spiro atoms. The number of carbonyl (C=O) groups excluding carboxylic acids is 2. The number of thiazole rings is 1. The lowest BCUT2D eigenvalue weighted by Gasteiger charge is -2.37. The lowest BCUT2D eigenvalue weighted by molar-refractivity contribution is -0.111. The second-order valence-corrected chi connectivity index (χ2v) is 11.0. The van der Waals surface area contributed by atoms with E-state index in [0.29, 0.717) is 29.9 Å². The number of nitrogens with one attached hydrogen (secondary N) is 1. The number of hydrogen-bond acceptors (Lipinski definition) is 6. The zero-order valence-corrected chi connectivity index (χ0v) is 22.3. The average Bonchev–Trinajstić information content (AvgIpc) is 3.36. The third kappa shape index (κ3) is 6.44. The highest BCUT2D eigenvalue weighted by molar-refractivity contribution is 7.19. The number of rotatable bonds is 8. The van der Waals surface area contributed by atoms with Gasteiger partial charge in [-0.1, -0.05) is 6.58 Å². The van der Waals surface area contributed by atoms with Crippen LogP contribution >= 0.6 is 11.3 Å². The molecule has 2 fully saturated rings. The minimum absolute atomic E-state index is 0.00983. The summed E-state index contributed by atoms with van der Waals surface area (Å²) in [6.45, 7) is 4.76. The van der Waals surface area contributed by atoms with Gasteiger partial charge in [-0.3, -0.25) is 9.59 Å². The molecule has 2 aromatic rings. The normalized spacial score (nSPS) is 22.2. The van der Waals surface area contributed by atoms with Gasteiger partial charge in [0.1, 0.15) is 0 Å². The molecule has 194 valence electrons. The van der Waals surface area contributed by atoms with Gasteiger partial charge in [0.05, 0.1) is 5.00 Å². The standard InChI is InChI=1S/C27H38N6O2S/c1-5-24(34)29-20-10-8-19(9-11-20)26(35)33-16-6-7-21(18-33)30-27-28-17-25(36-27)32(4)23-14-12-22(13-15-23)31(2)3/h5,8-11,17,21-23H,1,6-7,12-16,18H2,2-4H3,(H2,28,29,30,34,35)/p-1. The summed E-state index contributed by atoms with van der Waals surface area (Å²) >= 11 is 1.64.